The van der Waals surface area contributed by atoms with E-state index in [2.05, 4.69) is 0 Å². The third-order valence-electron chi connectivity index (χ3n) is 3.33. The van der Waals surface area contributed by atoms with E-state index in [1.807, 2.05) is 0 Å². The molecule has 1 saturated carbocycles. The lowest BCUT2D eigenvalue weighted by molar-refractivity contribution is -0.131. The third-order valence-corrected chi connectivity index (χ3v) is 3.33. The Bertz CT molecular complexity index is 545. The van der Waals surface area contributed by atoms with Crippen molar-refractivity contribution < 1.29 is 27.8 Å². The van der Waals surface area contributed by atoms with Gasteiger partial charge in [-0.15, -0.1) is 0 Å². The Morgan fingerprint density at radius 2 is 2.00 bits per heavy atom. The van der Waals surface area contributed by atoms with Crippen LogP contribution in [0.1, 0.15) is 31.2 Å². The van der Waals surface area contributed by atoms with Crippen LogP contribution >= 0.6 is 0 Å². The molecule has 0 heterocycles. The molecule has 2 rings (SSSR count). The van der Waals surface area contributed by atoms with Gasteiger partial charge < -0.3 is 9.84 Å². The fraction of sp³-hybridized carbons (Fsp3) is 0.400. The summed E-state index contributed by atoms with van der Waals surface area (Å²) in [5, 5.41) is 8.49. The number of hydrogen-bond donors (Lipinski definition) is 1. The van der Waals surface area contributed by atoms with E-state index in [9.17, 15) is 18.0 Å². The van der Waals surface area contributed by atoms with Crippen LogP contribution in [0.25, 0.3) is 6.08 Å². The van der Waals surface area contributed by atoms with Gasteiger partial charge >= 0.3 is 5.97 Å². The van der Waals surface area contributed by atoms with Gasteiger partial charge in [-0.3, -0.25) is 0 Å². The van der Waals surface area contributed by atoms with E-state index in [0.717, 1.165) is 12.1 Å². The topological polar surface area (TPSA) is 46.5 Å². The van der Waals surface area contributed by atoms with E-state index >= 15 is 0 Å². The maximum atomic E-state index is 13.8. The van der Waals surface area contributed by atoms with Gasteiger partial charge in [0.2, 0.25) is 5.92 Å². The van der Waals surface area contributed by atoms with Gasteiger partial charge in [-0.05, 0) is 36.6 Å². The Kier molecular flexibility index (Phi) is 4.55. The molecule has 0 bridgehead atoms. The lowest BCUT2D eigenvalue weighted by Gasteiger charge is -2.28. The first-order valence-corrected chi connectivity index (χ1v) is 6.61. The summed E-state index contributed by atoms with van der Waals surface area (Å²) in [4.78, 5) is 10.4. The highest BCUT2D eigenvalue weighted by molar-refractivity contribution is 5.85. The Morgan fingerprint density at radius 1 is 1.33 bits per heavy atom. The fourth-order valence-electron chi connectivity index (χ4n) is 2.19. The van der Waals surface area contributed by atoms with Crippen molar-refractivity contribution in [3.05, 3.63) is 35.7 Å². The monoisotopic (exact) mass is 300 g/mol. The standard InChI is InChI=1S/C15H15F3O3/c16-12-9-10(2-4-14(19)20)1-3-13(12)21-11-5-7-15(17,18)8-6-11/h1-4,9,11H,5-8H2,(H,19,20)/b4-2+. The Hall–Kier alpha value is -1.98. The molecule has 1 aromatic rings. The lowest BCUT2D eigenvalue weighted by atomic mass is 9.94. The van der Waals surface area contributed by atoms with Crippen LogP contribution in [0.4, 0.5) is 13.2 Å². The zero-order valence-electron chi connectivity index (χ0n) is 11.2. The second kappa shape index (κ2) is 6.20. The summed E-state index contributed by atoms with van der Waals surface area (Å²) in [5.41, 5.74) is 0.387. The molecule has 6 heteroatoms. The number of benzene rings is 1. The van der Waals surface area contributed by atoms with Crippen LogP contribution in [-0.4, -0.2) is 23.1 Å². The molecule has 1 aromatic carbocycles. The molecule has 114 valence electrons. The number of rotatable bonds is 4. The zero-order valence-corrected chi connectivity index (χ0v) is 11.2. The molecular formula is C15H15F3O3. The minimum absolute atomic E-state index is 0.00214. The summed E-state index contributed by atoms with van der Waals surface area (Å²) >= 11 is 0. The average molecular weight is 300 g/mol. The summed E-state index contributed by atoms with van der Waals surface area (Å²) in [6.07, 6.45) is 1.62. The van der Waals surface area contributed by atoms with Gasteiger partial charge in [0.15, 0.2) is 11.6 Å². The molecule has 21 heavy (non-hydrogen) atoms. The summed E-state index contributed by atoms with van der Waals surface area (Å²) in [5.74, 6) is -4.42. The molecule has 0 amide bonds. The van der Waals surface area contributed by atoms with Gasteiger partial charge in [0.05, 0.1) is 6.10 Å². The van der Waals surface area contributed by atoms with E-state index < -0.39 is 23.8 Å². The van der Waals surface area contributed by atoms with E-state index in [1.54, 1.807) is 0 Å². The van der Waals surface area contributed by atoms with Crippen molar-refractivity contribution >= 4 is 12.0 Å². The van der Waals surface area contributed by atoms with Crippen LogP contribution in [0, 0.1) is 5.82 Å². The molecule has 0 atom stereocenters. The highest BCUT2D eigenvalue weighted by atomic mass is 19.3. The number of carbonyl (C=O) groups is 1. The minimum Gasteiger partial charge on any atom is -0.487 e. The highest BCUT2D eigenvalue weighted by Gasteiger charge is 2.35. The van der Waals surface area contributed by atoms with Gasteiger partial charge in [-0.25, -0.2) is 18.0 Å². The number of hydrogen-bond acceptors (Lipinski definition) is 2. The van der Waals surface area contributed by atoms with Crippen LogP contribution < -0.4 is 4.74 Å². The molecule has 1 N–H and O–H groups in total. The Balaban J connectivity index is 2.00. The van der Waals surface area contributed by atoms with Crippen LogP contribution in [0.15, 0.2) is 24.3 Å². The summed E-state index contributed by atoms with van der Waals surface area (Å²) in [6, 6.07) is 4.03. The van der Waals surface area contributed by atoms with Gasteiger partial charge in [0, 0.05) is 18.9 Å². The lowest BCUT2D eigenvalue weighted by Crippen LogP contribution is -2.30. The van der Waals surface area contributed by atoms with Crippen molar-refractivity contribution in [2.45, 2.75) is 37.7 Å². The second-order valence-electron chi connectivity index (χ2n) is 5.03. The fourth-order valence-corrected chi connectivity index (χ4v) is 2.19. The molecule has 0 aromatic heterocycles. The normalized spacial score (nSPS) is 18.8. The maximum Gasteiger partial charge on any atom is 0.328 e. The van der Waals surface area contributed by atoms with Gasteiger partial charge in [0.25, 0.3) is 0 Å². The van der Waals surface area contributed by atoms with Gasteiger partial charge in [0.1, 0.15) is 0 Å². The molecule has 1 fully saturated rings. The first kappa shape index (κ1) is 15.4. The van der Waals surface area contributed by atoms with Gasteiger partial charge in [-0.1, -0.05) is 6.07 Å². The molecule has 1 aliphatic rings. The van der Waals surface area contributed by atoms with E-state index in [1.165, 1.54) is 18.2 Å². The predicted octanol–water partition coefficient (Wildman–Crippen LogP) is 3.88. The van der Waals surface area contributed by atoms with Crippen LogP contribution in [0.3, 0.4) is 0 Å². The van der Waals surface area contributed by atoms with Crippen molar-refractivity contribution in [3.63, 3.8) is 0 Å². The van der Waals surface area contributed by atoms with E-state index in [0.29, 0.717) is 5.56 Å². The molecule has 0 saturated heterocycles. The summed E-state index contributed by atoms with van der Waals surface area (Å²) < 4.78 is 45.3. The van der Waals surface area contributed by atoms with Crippen LogP contribution in [0.2, 0.25) is 0 Å². The molecule has 0 unspecified atom stereocenters. The SMILES string of the molecule is O=C(O)/C=C/c1ccc(OC2CCC(F)(F)CC2)c(F)c1. The third kappa shape index (κ3) is 4.51. The minimum atomic E-state index is -2.65. The van der Waals surface area contributed by atoms with Crippen molar-refractivity contribution in [3.8, 4) is 5.75 Å². The van der Waals surface area contributed by atoms with Crippen LogP contribution in [-0.2, 0) is 4.79 Å². The molecular weight excluding hydrogens is 285 g/mol. The first-order valence-electron chi connectivity index (χ1n) is 6.61. The number of carboxylic acid groups (broad SMARTS) is 1. The number of halogens is 3. The Labute approximate surface area is 120 Å². The second-order valence-corrected chi connectivity index (χ2v) is 5.03. The van der Waals surface area contributed by atoms with Crippen molar-refractivity contribution in [2.75, 3.05) is 0 Å². The molecule has 0 spiro atoms. The van der Waals surface area contributed by atoms with Gasteiger partial charge in [-0.2, -0.15) is 0 Å². The summed E-state index contributed by atoms with van der Waals surface area (Å²) in [7, 11) is 0. The van der Waals surface area contributed by atoms with Crippen molar-refractivity contribution in [1.29, 1.82) is 0 Å². The smallest absolute Gasteiger partial charge is 0.328 e. The number of ether oxygens (including phenoxy) is 1. The number of carboxylic acids is 1. The quantitative estimate of drug-likeness (QED) is 0.858. The molecule has 3 nitrogen and oxygen atoms in total. The first-order chi connectivity index (χ1) is 9.85. The average Bonchev–Trinajstić information content (AvgIpc) is 2.41. The van der Waals surface area contributed by atoms with Crippen molar-refractivity contribution in [2.24, 2.45) is 0 Å². The van der Waals surface area contributed by atoms with E-state index in [-0.39, 0.29) is 31.4 Å². The zero-order chi connectivity index (χ0) is 15.5. The molecule has 0 radical (unpaired) electrons. The highest BCUT2D eigenvalue weighted by Crippen LogP contribution is 2.35. The van der Waals surface area contributed by atoms with E-state index in [4.69, 9.17) is 9.84 Å². The van der Waals surface area contributed by atoms with Crippen molar-refractivity contribution in [1.82, 2.24) is 0 Å². The predicted molar refractivity (Wildman–Crippen MR) is 70.9 cm³/mol. The van der Waals surface area contributed by atoms with Crippen LogP contribution in [0.5, 0.6) is 5.75 Å². The largest absolute Gasteiger partial charge is 0.487 e. The number of alkyl halides is 2. The molecule has 0 aliphatic heterocycles. The maximum absolute atomic E-state index is 13.8. The summed E-state index contributed by atoms with van der Waals surface area (Å²) in [6.45, 7) is 0. The molecule has 1 aliphatic carbocycles. The Morgan fingerprint density at radius 3 is 2.57 bits per heavy atom. The number of aliphatic carboxylic acids is 1.